The minimum Gasteiger partial charge on any atom is -0.396 e. The van der Waals surface area contributed by atoms with Gasteiger partial charge in [0.1, 0.15) is 5.01 Å². The van der Waals surface area contributed by atoms with Gasteiger partial charge in [0, 0.05) is 36.7 Å². The first kappa shape index (κ1) is 14.1. The molecule has 0 spiro atoms. The Morgan fingerprint density at radius 2 is 2.21 bits per heavy atom. The van der Waals surface area contributed by atoms with Crippen molar-refractivity contribution in [1.29, 1.82) is 0 Å². The van der Waals surface area contributed by atoms with Crippen LogP contribution in [0.25, 0.3) is 10.7 Å². The Morgan fingerprint density at radius 1 is 1.37 bits per heavy atom. The zero-order valence-electron chi connectivity index (χ0n) is 11.3. The third-order valence-electron chi connectivity index (χ3n) is 2.77. The number of aromatic nitrogens is 2. The molecule has 0 aliphatic rings. The van der Waals surface area contributed by atoms with E-state index in [1.54, 1.807) is 17.5 Å². The normalized spacial score (nSPS) is 11.7. The standard InChI is InChI=1S/C14H19N3OS/c1-14(2,10-18)9-15-7-11-8-19-13(17-11)12-5-3-4-6-16-12/h3-6,8,15,18H,7,9-10H2,1-2H3. The van der Waals surface area contributed by atoms with Crippen LogP contribution in [0.4, 0.5) is 0 Å². The highest BCUT2D eigenvalue weighted by molar-refractivity contribution is 7.13. The second-order valence-electron chi connectivity index (χ2n) is 5.28. The van der Waals surface area contributed by atoms with Crippen LogP contribution < -0.4 is 5.32 Å². The van der Waals surface area contributed by atoms with Crippen LogP contribution >= 0.6 is 11.3 Å². The first-order chi connectivity index (χ1) is 9.11. The fourth-order valence-corrected chi connectivity index (χ4v) is 2.38. The summed E-state index contributed by atoms with van der Waals surface area (Å²) in [5.74, 6) is 0. The van der Waals surface area contributed by atoms with Gasteiger partial charge in [-0.15, -0.1) is 11.3 Å². The number of hydrogen-bond donors (Lipinski definition) is 2. The van der Waals surface area contributed by atoms with E-state index in [9.17, 15) is 5.11 Å². The molecule has 19 heavy (non-hydrogen) atoms. The molecule has 2 aromatic rings. The lowest BCUT2D eigenvalue weighted by Gasteiger charge is -2.21. The van der Waals surface area contributed by atoms with E-state index in [4.69, 9.17) is 0 Å². The number of aliphatic hydroxyl groups excluding tert-OH is 1. The lowest BCUT2D eigenvalue weighted by molar-refractivity contribution is 0.156. The highest BCUT2D eigenvalue weighted by atomic mass is 32.1. The van der Waals surface area contributed by atoms with E-state index in [2.05, 4.69) is 15.3 Å². The van der Waals surface area contributed by atoms with E-state index in [0.717, 1.165) is 22.9 Å². The smallest absolute Gasteiger partial charge is 0.142 e. The molecular weight excluding hydrogens is 258 g/mol. The van der Waals surface area contributed by atoms with Gasteiger partial charge < -0.3 is 10.4 Å². The molecule has 0 atom stereocenters. The molecule has 2 aromatic heterocycles. The maximum atomic E-state index is 9.18. The molecule has 2 heterocycles. The van der Waals surface area contributed by atoms with Gasteiger partial charge in [0.2, 0.25) is 0 Å². The van der Waals surface area contributed by atoms with E-state index in [-0.39, 0.29) is 12.0 Å². The van der Waals surface area contributed by atoms with Crippen molar-refractivity contribution in [2.75, 3.05) is 13.2 Å². The van der Waals surface area contributed by atoms with Crippen molar-refractivity contribution in [1.82, 2.24) is 15.3 Å². The zero-order chi connectivity index (χ0) is 13.7. The highest BCUT2D eigenvalue weighted by Crippen LogP contribution is 2.21. The molecule has 0 aliphatic heterocycles. The van der Waals surface area contributed by atoms with Crippen molar-refractivity contribution in [3.05, 3.63) is 35.5 Å². The molecule has 0 aliphatic carbocycles. The molecule has 0 radical (unpaired) electrons. The molecule has 0 fully saturated rings. The van der Waals surface area contributed by atoms with E-state index in [1.807, 2.05) is 37.4 Å². The summed E-state index contributed by atoms with van der Waals surface area (Å²) in [6, 6.07) is 5.83. The van der Waals surface area contributed by atoms with Gasteiger partial charge in [-0.05, 0) is 12.1 Å². The van der Waals surface area contributed by atoms with Crippen LogP contribution in [-0.2, 0) is 6.54 Å². The molecule has 0 saturated carbocycles. The number of pyridine rings is 1. The third kappa shape index (κ3) is 4.09. The lowest BCUT2D eigenvalue weighted by atomic mass is 9.95. The average molecular weight is 277 g/mol. The van der Waals surface area contributed by atoms with Crippen LogP contribution in [0.3, 0.4) is 0 Å². The Hall–Kier alpha value is -1.30. The fourth-order valence-electron chi connectivity index (χ4n) is 1.58. The first-order valence-electron chi connectivity index (χ1n) is 6.28. The summed E-state index contributed by atoms with van der Waals surface area (Å²) >= 11 is 1.60. The van der Waals surface area contributed by atoms with Crippen LogP contribution in [0.2, 0.25) is 0 Å². The Labute approximate surface area is 117 Å². The molecule has 0 saturated heterocycles. The number of nitrogens with one attached hydrogen (secondary N) is 1. The lowest BCUT2D eigenvalue weighted by Crippen LogP contribution is -2.31. The van der Waals surface area contributed by atoms with Crippen molar-refractivity contribution < 1.29 is 5.11 Å². The molecule has 0 bridgehead atoms. The summed E-state index contributed by atoms with van der Waals surface area (Å²) in [6.07, 6.45) is 1.78. The van der Waals surface area contributed by atoms with E-state index >= 15 is 0 Å². The first-order valence-corrected chi connectivity index (χ1v) is 7.16. The van der Waals surface area contributed by atoms with Crippen molar-refractivity contribution >= 4 is 11.3 Å². The Balaban J connectivity index is 1.92. The molecule has 2 N–H and O–H groups in total. The van der Waals surface area contributed by atoms with E-state index in [1.165, 1.54) is 0 Å². The van der Waals surface area contributed by atoms with Crippen molar-refractivity contribution in [2.45, 2.75) is 20.4 Å². The Kier molecular flexibility index (Phi) is 4.63. The number of hydrogen-bond acceptors (Lipinski definition) is 5. The topological polar surface area (TPSA) is 58.0 Å². The van der Waals surface area contributed by atoms with Crippen molar-refractivity contribution in [3.63, 3.8) is 0 Å². The van der Waals surface area contributed by atoms with Crippen LogP contribution in [0.1, 0.15) is 19.5 Å². The van der Waals surface area contributed by atoms with Gasteiger partial charge in [0.25, 0.3) is 0 Å². The SMILES string of the molecule is CC(C)(CO)CNCc1csc(-c2ccccn2)n1. The average Bonchev–Trinajstić information content (AvgIpc) is 2.88. The quantitative estimate of drug-likeness (QED) is 0.850. The molecule has 0 unspecified atom stereocenters. The van der Waals surface area contributed by atoms with Gasteiger partial charge in [0.05, 0.1) is 11.4 Å². The van der Waals surface area contributed by atoms with Crippen LogP contribution in [-0.4, -0.2) is 28.2 Å². The molecule has 2 rings (SSSR count). The molecule has 102 valence electrons. The predicted octanol–water partition coefficient (Wildman–Crippen LogP) is 2.31. The fraction of sp³-hybridized carbons (Fsp3) is 0.429. The van der Waals surface area contributed by atoms with Gasteiger partial charge in [0.15, 0.2) is 0 Å². The molecule has 0 aromatic carbocycles. The third-order valence-corrected chi connectivity index (χ3v) is 3.69. The minimum absolute atomic E-state index is 0.0974. The van der Waals surface area contributed by atoms with Gasteiger partial charge in [-0.25, -0.2) is 4.98 Å². The monoisotopic (exact) mass is 277 g/mol. The Morgan fingerprint density at radius 3 is 2.89 bits per heavy atom. The highest BCUT2D eigenvalue weighted by Gasteiger charge is 2.15. The zero-order valence-corrected chi connectivity index (χ0v) is 12.1. The van der Waals surface area contributed by atoms with Crippen molar-refractivity contribution in [2.24, 2.45) is 5.41 Å². The van der Waals surface area contributed by atoms with Crippen LogP contribution in [0, 0.1) is 5.41 Å². The van der Waals surface area contributed by atoms with E-state index < -0.39 is 0 Å². The molecule has 4 nitrogen and oxygen atoms in total. The molecular formula is C14H19N3OS. The summed E-state index contributed by atoms with van der Waals surface area (Å²) in [4.78, 5) is 8.85. The van der Waals surface area contributed by atoms with Crippen LogP contribution in [0.5, 0.6) is 0 Å². The number of rotatable bonds is 6. The van der Waals surface area contributed by atoms with Gasteiger partial charge in [-0.3, -0.25) is 4.98 Å². The summed E-state index contributed by atoms with van der Waals surface area (Å²) in [5, 5.41) is 15.5. The second-order valence-corrected chi connectivity index (χ2v) is 6.14. The van der Waals surface area contributed by atoms with Gasteiger partial charge >= 0.3 is 0 Å². The summed E-state index contributed by atoms with van der Waals surface area (Å²) in [5.41, 5.74) is 1.83. The summed E-state index contributed by atoms with van der Waals surface area (Å²) in [6.45, 7) is 5.71. The van der Waals surface area contributed by atoms with Crippen molar-refractivity contribution in [3.8, 4) is 10.7 Å². The maximum absolute atomic E-state index is 9.18. The number of aliphatic hydroxyl groups is 1. The summed E-state index contributed by atoms with van der Waals surface area (Å²) in [7, 11) is 0. The summed E-state index contributed by atoms with van der Waals surface area (Å²) < 4.78 is 0. The number of thiazole rings is 1. The number of nitrogens with zero attached hydrogens (tertiary/aromatic N) is 2. The Bertz CT molecular complexity index is 510. The predicted molar refractivity (Wildman–Crippen MR) is 77.9 cm³/mol. The van der Waals surface area contributed by atoms with Crippen LogP contribution in [0.15, 0.2) is 29.8 Å². The van der Waals surface area contributed by atoms with E-state index in [0.29, 0.717) is 6.54 Å². The van der Waals surface area contributed by atoms with Gasteiger partial charge in [-0.2, -0.15) is 0 Å². The molecule has 0 amide bonds. The second kappa shape index (κ2) is 6.23. The maximum Gasteiger partial charge on any atom is 0.142 e. The minimum atomic E-state index is -0.0974. The largest absolute Gasteiger partial charge is 0.396 e. The van der Waals surface area contributed by atoms with Gasteiger partial charge in [-0.1, -0.05) is 19.9 Å². The molecule has 5 heteroatoms.